The first-order chi connectivity index (χ1) is 8.56. The fraction of sp³-hybridized carbons (Fsp3) is 0.182. The molecule has 0 aliphatic rings. The van der Waals surface area contributed by atoms with Gasteiger partial charge in [-0.05, 0) is 18.2 Å². The average molecular weight is 253 g/mol. The highest BCUT2D eigenvalue weighted by molar-refractivity contribution is 5.66. The van der Waals surface area contributed by atoms with Gasteiger partial charge < -0.3 is 5.11 Å². The molecule has 0 atom stereocenters. The largest absolute Gasteiger partial charge is 0.481 e. The van der Waals surface area contributed by atoms with Crippen molar-refractivity contribution < 1.29 is 18.7 Å². The van der Waals surface area contributed by atoms with Gasteiger partial charge in [0, 0.05) is 6.42 Å². The number of hydrogen-bond donors (Lipinski definition) is 2. The Labute approximate surface area is 100 Å². The summed E-state index contributed by atoms with van der Waals surface area (Å²) in [5, 5.41) is 14.7. The van der Waals surface area contributed by atoms with Gasteiger partial charge in [-0.2, -0.15) is 5.10 Å². The maximum atomic E-state index is 13.4. The molecule has 0 fully saturated rings. The first kappa shape index (κ1) is 12.2. The van der Waals surface area contributed by atoms with Crippen LogP contribution in [-0.2, 0) is 11.2 Å². The van der Waals surface area contributed by atoms with Crippen LogP contribution in [0.1, 0.15) is 12.2 Å². The van der Waals surface area contributed by atoms with Crippen molar-refractivity contribution in [2.45, 2.75) is 12.8 Å². The molecule has 2 rings (SSSR count). The number of nitrogens with one attached hydrogen (secondary N) is 1. The Bertz CT molecular complexity index is 583. The quantitative estimate of drug-likeness (QED) is 0.870. The van der Waals surface area contributed by atoms with Crippen molar-refractivity contribution in [3.8, 4) is 11.4 Å². The second-order valence-electron chi connectivity index (χ2n) is 3.62. The molecule has 94 valence electrons. The third-order valence-corrected chi connectivity index (χ3v) is 2.28. The molecule has 2 aromatic rings. The van der Waals surface area contributed by atoms with Gasteiger partial charge in [0.25, 0.3) is 0 Å². The highest BCUT2D eigenvalue weighted by Gasteiger charge is 2.12. The lowest BCUT2D eigenvalue weighted by Crippen LogP contribution is -1.98. The Morgan fingerprint density at radius 3 is 2.89 bits per heavy atom. The Morgan fingerprint density at radius 2 is 2.17 bits per heavy atom. The molecule has 0 spiro atoms. The molecule has 18 heavy (non-hydrogen) atoms. The van der Waals surface area contributed by atoms with Gasteiger partial charge >= 0.3 is 5.97 Å². The number of aromatic amines is 1. The summed E-state index contributed by atoms with van der Waals surface area (Å²) < 4.78 is 26.4. The smallest absolute Gasteiger partial charge is 0.303 e. The van der Waals surface area contributed by atoms with Crippen molar-refractivity contribution in [3.63, 3.8) is 0 Å². The predicted octanol–water partition coefficient (Wildman–Crippen LogP) is 1.77. The zero-order valence-corrected chi connectivity index (χ0v) is 9.15. The van der Waals surface area contributed by atoms with Crippen molar-refractivity contribution in [3.05, 3.63) is 35.7 Å². The molecule has 0 saturated heterocycles. The Balaban J connectivity index is 2.23. The molecule has 1 aromatic heterocycles. The molecule has 5 nitrogen and oxygen atoms in total. The van der Waals surface area contributed by atoms with Crippen LogP contribution in [0.4, 0.5) is 8.78 Å². The van der Waals surface area contributed by atoms with E-state index in [2.05, 4.69) is 15.2 Å². The minimum absolute atomic E-state index is 0.00684. The van der Waals surface area contributed by atoms with Gasteiger partial charge in [0.15, 0.2) is 5.82 Å². The number of carboxylic acid groups (broad SMARTS) is 1. The minimum atomic E-state index is -0.968. The van der Waals surface area contributed by atoms with Crippen molar-refractivity contribution in [2.24, 2.45) is 0 Å². The Kier molecular flexibility index (Phi) is 3.31. The molecule has 7 heteroatoms. The fourth-order valence-electron chi connectivity index (χ4n) is 1.42. The lowest BCUT2D eigenvalue weighted by atomic mass is 10.2. The first-order valence-electron chi connectivity index (χ1n) is 5.15. The van der Waals surface area contributed by atoms with Gasteiger partial charge in [0.05, 0.1) is 12.0 Å². The topological polar surface area (TPSA) is 78.9 Å². The second-order valence-corrected chi connectivity index (χ2v) is 3.62. The summed E-state index contributed by atoms with van der Waals surface area (Å²) in [6, 6.07) is 2.97. The molecule has 0 saturated carbocycles. The van der Waals surface area contributed by atoms with Crippen molar-refractivity contribution in [1.82, 2.24) is 15.2 Å². The molecule has 1 aromatic carbocycles. The summed E-state index contributed by atoms with van der Waals surface area (Å²) in [6.45, 7) is 0. The van der Waals surface area contributed by atoms with Crippen LogP contribution in [0.3, 0.4) is 0 Å². The van der Waals surface area contributed by atoms with Crippen molar-refractivity contribution in [2.75, 3.05) is 0 Å². The van der Waals surface area contributed by atoms with Crippen LogP contribution < -0.4 is 0 Å². The number of aromatic nitrogens is 3. The number of hydrogen-bond acceptors (Lipinski definition) is 3. The number of nitrogens with zero attached hydrogens (tertiary/aromatic N) is 2. The van der Waals surface area contributed by atoms with E-state index in [1.165, 1.54) is 0 Å². The molecule has 0 bridgehead atoms. The summed E-state index contributed by atoms with van der Waals surface area (Å²) in [5.41, 5.74) is -0.0622. The van der Waals surface area contributed by atoms with E-state index in [0.717, 1.165) is 18.2 Å². The van der Waals surface area contributed by atoms with Gasteiger partial charge in [-0.25, -0.2) is 13.8 Å². The van der Waals surface area contributed by atoms with Gasteiger partial charge in [0.1, 0.15) is 17.5 Å². The lowest BCUT2D eigenvalue weighted by Gasteiger charge is -1.97. The van der Waals surface area contributed by atoms with E-state index in [1.807, 2.05) is 0 Å². The monoisotopic (exact) mass is 253 g/mol. The third-order valence-electron chi connectivity index (χ3n) is 2.28. The highest BCUT2D eigenvalue weighted by Crippen LogP contribution is 2.20. The average Bonchev–Trinajstić information content (AvgIpc) is 2.78. The molecule has 1 heterocycles. The van der Waals surface area contributed by atoms with E-state index in [1.54, 1.807) is 0 Å². The summed E-state index contributed by atoms with van der Waals surface area (Å²) in [6.07, 6.45) is 0.0412. The standard InChI is InChI=1S/C11H9F2N3O2/c12-6-1-2-8(13)7(5-6)11-14-9(15-16-11)3-4-10(17)18/h1-2,5H,3-4H2,(H,17,18)(H,14,15,16). The number of carboxylic acids is 1. The first-order valence-corrected chi connectivity index (χ1v) is 5.15. The summed E-state index contributed by atoms with van der Waals surface area (Å²) in [4.78, 5) is 14.3. The molecule has 0 radical (unpaired) electrons. The van der Waals surface area contributed by atoms with E-state index in [4.69, 9.17) is 5.11 Å². The SMILES string of the molecule is O=C(O)CCc1nc(-c2cc(F)ccc2F)n[nH]1. The number of halogens is 2. The van der Waals surface area contributed by atoms with Crippen LogP contribution in [0, 0.1) is 11.6 Å². The van der Waals surface area contributed by atoms with E-state index in [-0.39, 0.29) is 24.2 Å². The van der Waals surface area contributed by atoms with Crippen LogP contribution in [0.5, 0.6) is 0 Å². The molecule has 0 amide bonds. The number of H-pyrrole nitrogens is 1. The van der Waals surface area contributed by atoms with Crippen LogP contribution in [-0.4, -0.2) is 26.3 Å². The lowest BCUT2D eigenvalue weighted by molar-refractivity contribution is -0.137. The van der Waals surface area contributed by atoms with Crippen LogP contribution in [0.15, 0.2) is 18.2 Å². The predicted molar refractivity (Wildman–Crippen MR) is 57.7 cm³/mol. The highest BCUT2D eigenvalue weighted by atomic mass is 19.1. The molecule has 0 aliphatic heterocycles. The molecule has 0 aliphatic carbocycles. The van der Waals surface area contributed by atoms with E-state index >= 15 is 0 Å². The number of aryl methyl sites for hydroxylation is 1. The maximum Gasteiger partial charge on any atom is 0.303 e. The minimum Gasteiger partial charge on any atom is -0.481 e. The number of carbonyl (C=O) groups is 1. The normalized spacial score (nSPS) is 10.6. The van der Waals surface area contributed by atoms with E-state index < -0.39 is 17.6 Å². The molecule has 0 unspecified atom stereocenters. The van der Waals surface area contributed by atoms with Gasteiger partial charge in [-0.15, -0.1) is 0 Å². The number of benzene rings is 1. The maximum absolute atomic E-state index is 13.4. The second kappa shape index (κ2) is 4.91. The van der Waals surface area contributed by atoms with Gasteiger partial charge in [-0.1, -0.05) is 0 Å². The van der Waals surface area contributed by atoms with Crippen molar-refractivity contribution >= 4 is 5.97 Å². The molecular weight excluding hydrogens is 244 g/mol. The van der Waals surface area contributed by atoms with E-state index in [9.17, 15) is 13.6 Å². The fourth-order valence-corrected chi connectivity index (χ4v) is 1.42. The van der Waals surface area contributed by atoms with Gasteiger partial charge in [0.2, 0.25) is 0 Å². The summed E-state index contributed by atoms with van der Waals surface area (Å²) >= 11 is 0. The molecule has 2 N–H and O–H groups in total. The zero-order valence-electron chi connectivity index (χ0n) is 9.15. The number of aliphatic carboxylic acids is 1. The van der Waals surface area contributed by atoms with Crippen LogP contribution >= 0.6 is 0 Å². The van der Waals surface area contributed by atoms with Crippen LogP contribution in [0.25, 0.3) is 11.4 Å². The van der Waals surface area contributed by atoms with E-state index in [0.29, 0.717) is 5.82 Å². The Morgan fingerprint density at radius 1 is 1.39 bits per heavy atom. The Hall–Kier alpha value is -2.31. The van der Waals surface area contributed by atoms with Gasteiger partial charge in [-0.3, -0.25) is 9.89 Å². The molecular formula is C11H9F2N3O2. The van der Waals surface area contributed by atoms with Crippen molar-refractivity contribution in [1.29, 1.82) is 0 Å². The number of rotatable bonds is 4. The third kappa shape index (κ3) is 2.68. The summed E-state index contributed by atoms with van der Waals surface area (Å²) in [7, 11) is 0. The van der Waals surface area contributed by atoms with Crippen LogP contribution in [0.2, 0.25) is 0 Å². The zero-order chi connectivity index (χ0) is 13.1. The summed E-state index contributed by atoms with van der Waals surface area (Å²) in [5.74, 6) is -1.88.